The molecule has 0 aromatic heterocycles. The van der Waals surface area contributed by atoms with Gasteiger partial charge in [-0.15, -0.1) is 0 Å². The molecule has 0 unspecified atom stereocenters. The van der Waals surface area contributed by atoms with Crippen molar-refractivity contribution in [2.75, 3.05) is 6.54 Å². The molecule has 58 valence electrons. The second kappa shape index (κ2) is 2.56. The number of halogens is 1. The summed E-state index contributed by atoms with van der Waals surface area (Å²) < 4.78 is 12.5. The summed E-state index contributed by atoms with van der Waals surface area (Å²) >= 11 is 0. The summed E-state index contributed by atoms with van der Waals surface area (Å²) in [4.78, 5) is 12.5. The van der Waals surface area contributed by atoms with E-state index in [9.17, 15) is 9.18 Å². The van der Waals surface area contributed by atoms with Crippen molar-refractivity contribution in [3.63, 3.8) is 0 Å². The van der Waals surface area contributed by atoms with Crippen LogP contribution in [0.4, 0.5) is 4.39 Å². The number of rotatable bonds is 1. The number of hydrogen-bond acceptors (Lipinski definition) is 1. The van der Waals surface area contributed by atoms with Gasteiger partial charge in [0, 0.05) is 19.0 Å². The number of alkyl halides is 1. The first-order valence-electron chi connectivity index (χ1n) is 3.57. The average molecular weight is 145 g/mol. The molecule has 3 heteroatoms. The Bertz CT molecular complexity index is 147. The normalized spacial score (nSPS) is 26.6. The fourth-order valence-corrected chi connectivity index (χ4v) is 1.18. The highest BCUT2D eigenvalue weighted by molar-refractivity contribution is 5.83. The third-order valence-electron chi connectivity index (χ3n) is 1.80. The molecule has 1 saturated heterocycles. The summed E-state index contributed by atoms with van der Waals surface area (Å²) in [5.41, 5.74) is 0. The van der Waals surface area contributed by atoms with Gasteiger partial charge in [-0.05, 0) is 13.8 Å². The van der Waals surface area contributed by atoms with Crippen molar-refractivity contribution < 1.29 is 9.18 Å². The van der Waals surface area contributed by atoms with Crippen LogP contribution >= 0.6 is 0 Å². The fraction of sp³-hybridized carbons (Fsp3) is 0.857. The molecule has 0 radical (unpaired) electrons. The molecular formula is C7H12FNO. The van der Waals surface area contributed by atoms with Gasteiger partial charge in [0.05, 0.1) is 0 Å². The summed E-state index contributed by atoms with van der Waals surface area (Å²) in [6.07, 6.45) is -0.862. The molecule has 1 atom stereocenters. The first-order chi connectivity index (χ1) is 4.63. The van der Waals surface area contributed by atoms with Crippen LogP contribution < -0.4 is 0 Å². The molecule has 1 rings (SSSR count). The quantitative estimate of drug-likeness (QED) is 0.538. The first-order valence-corrected chi connectivity index (χ1v) is 3.57. The summed E-state index contributed by atoms with van der Waals surface area (Å²) in [5.74, 6) is -0.338. The Morgan fingerprint density at radius 2 is 2.30 bits per heavy atom. The van der Waals surface area contributed by atoms with Crippen molar-refractivity contribution in [3.8, 4) is 0 Å². The number of amides is 1. The summed E-state index contributed by atoms with van der Waals surface area (Å²) in [7, 11) is 0. The fourth-order valence-electron chi connectivity index (χ4n) is 1.18. The van der Waals surface area contributed by atoms with Crippen LogP contribution in [0.1, 0.15) is 20.3 Å². The molecule has 1 fully saturated rings. The monoisotopic (exact) mass is 145 g/mol. The third-order valence-corrected chi connectivity index (χ3v) is 1.80. The molecule has 10 heavy (non-hydrogen) atoms. The van der Waals surface area contributed by atoms with Gasteiger partial charge in [0.25, 0.3) is 5.91 Å². The number of likely N-dealkylation sites (tertiary alicyclic amines) is 1. The van der Waals surface area contributed by atoms with Crippen LogP contribution in [0.2, 0.25) is 0 Å². The van der Waals surface area contributed by atoms with Crippen LogP contribution in [0, 0.1) is 0 Å². The van der Waals surface area contributed by atoms with Crippen LogP contribution in [-0.2, 0) is 4.79 Å². The first kappa shape index (κ1) is 7.51. The number of carbonyl (C=O) groups excluding carboxylic acids is 1. The second-order valence-electron chi connectivity index (χ2n) is 2.88. The minimum absolute atomic E-state index is 0.147. The van der Waals surface area contributed by atoms with Crippen molar-refractivity contribution in [2.45, 2.75) is 32.5 Å². The molecule has 0 aromatic rings. The minimum Gasteiger partial charge on any atom is -0.338 e. The molecule has 1 aliphatic rings. The molecule has 2 nitrogen and oxygen atoms in total. The Morgan fingerprint density at radius 3 is 2.50 bits per heavy atom. The molecule has 1 amide bonds. The van der Waals surface area contributed by atoms with Crippen molar-refractivity contribution in [2.24, 2.45) is 0 Å². The van der Waals surface area contributed by atoms with Gasteiger partial charge in [0.1, 0.15) is 0 Å². The summed E-state index contributed by atoms with van der Waals surface area (Å²) in [5, 5.41) is 0. The highest BCUT2D eigenvalue weighted by atomic mass is 19.1. The van der Waals surface area contributed by atoms with E-state index in [1.54, 1.807) is 4.90 Å². The maximum atomic E-state index is 12.5. The molecule has 0 bridgehead atoms. The number of carbonyl (C=O) groups is 1. The van der Waals surface area contributed by atoms with Crippen molar-refractivity contribution in [1.29, 1.82) is 0 Å². The van der Waals surface area contributed by atoms with Crippen molar-refractivity contribution in [1.82, 2.24) is 4.90 Å². The zero-order valence-corrected chi connectivity index (χ0v) is 6.30. The summed E-state index contributed by atoms with van der Waals surface area (Å²) in [6, 6.07) is 0.147. The molecule has 0 aliphatic carbocycles. The lowest BCUT2D eigenvalue weighted by Crippen LogP contribution is -2.33. The standard InChI is InChI=1S/C7H12FNO/c1-5(2)9-4-3-6(8)7(9)10/h5-6H,3-4H2,1-2H3/t6-/m1/s1. The van der Waals surface area contributed by atoms with Crippen LogP contribution in [0.3, 0.4) is 0 Å². The predicted octanol–water partition coefficient (Wildman–Crippen LogP) is 0.965. The topological polar surface area (TPSA) is 20.3 Å². The van der Waals surface area contributed by atoms with Crippen LogP contribution in [-0.4, -0.2) is 29.6 Å². The van der Waals surface area contributed by atoms with Gasteiger partial charge in [0.15, 0.2) is 6.17 Å². The third kappa shape index (κ3) is 1.13. The van der Waals surface area contributed by atoms with Gasteiger partial charge < -0.3 is 4.90 Å². The molecule has 0 spiro atoms. The van der Waals surface area contributed by atoms with E-state index < -0.39 is 6.17 Å². The largest absolute Gasteiger partial charge is 0.338 e. The maximum absolute atomic E-state index is 12.5. The molecule has 1 aliphatic heterocycles. The van der Waals surface area contributed by atoms with Gasteiger partial charge in [-0.3, -0.25) is 4.79 Å². The predicted molar refractivity (Wildman–Crippen MR) is 36.4 cm³/mol. The van der Waals surface area contributed by atoms with Gasteiger partial charge in [-0.2, -0.15) is 0 Å². The van der Waals surface area contributed by atoms with E-state index in [0.717, 1.165) is 0 Å². The van der Waals surface area contributed by atoms with E-state index in [2.05, 4.69) is 0 Å². The minimum atomic E-state index is -1.23. The zero-order chi connectivity index (χ0) is 7.72. The lowest BCUT2D eigenvalue weighted by Gasteiger charge is -2.19. The van der Waals surface area contributed by atoms with Crippen molar-refractivity contribution >= 4 is 5.91 Å². The summed E-state index contributed by atoms with van der Waals surface area (Å²) in [6.45, 7) is 4.38. The van der Waals surface area contributed by atoms with Gasteiger partial charge >= 0.3 is 0 Å². The smallest absolute Gasteiger partial charge is 0.257 e. The Labute approximate surface area is 60.0 Å². The van der Waals surface area contributed by atoms with E-state index in [-0.39, 0.29) is 11.9 Å². The maximum Gasteiger partial charge on any atom is 0.257 e. The Morgan fingerprint density at radius 1 is 1.70 bits per heavy atom. The highest BCUT2D eigenvalue weighted by Crippen LogP contribution is 2.16. The molecule has 1 heterocycles. The van der Waals surface area contributed by atoms with E-state index in [1.165, 1.54) is 0 Å². The molecule has 0 aromatic carbocycles. The lowest BCUT2D eigenvalue weighted by molar-refractivity contribution is -0.133. The molecule has 0 N–H and O–H groups in total. The Kier molecular flexibility index (Phi) is 1.92. The van der Waals surface area contributed by atoms with Gasteiger partial charge in [-0.1, -0.05) is 0 Å². The van der Waals surface area contributed by atoms with Crippen LogP contribution in [0.15, 0.2) is 0 Å². The van der Waals surface area contributed by atoms with Crippen LogP contribution in [0.25, 0.3) is 0 Å². The lowest BCUT2D eigenvalue weighted by atomic mass is 10.3. The SMILES string of the molecule is CC(C)N1CC[C@@H](F)C1=O. The Balaban J connectivity index is 2.57. The van der Waals surface area contributed by atoms with E-state index in [1.807, 2.05) is 13.8 Å². The van der Waals surface area contributed by atoms with E-state index in [0.29, 0.717) is 13.0 Å². The average Bonchev–Trinajstić information content (AvgIpc) is 2.14. The number of nitrogens with zero attached hydrogens (tertiary/aromatic N) is 1. The Hall–Kier alpha value is -0.600. The van der Waals surface area contributed by atoms with Gasteiger partial charge in [0.2, 0.25) is 0 Å². The highest BCUT2D eigenvalue weighted by Gasteiger charge is 2.32. The van der Waals surface area contributed by atoms with Crippen LogP contribution in [0.5, 0.6) is 0 Å². The zero-order valence-electron chi connectivity index (χ0n) is 6.30. The van der Waals surface area contributed by atoms with E-state index >= 15 is 0 Å². The van der Waals surface area contributed by atoms with E-state index in [4.69, 9.17) is 0 Å². The number of hydrogen-bond donors (Lipinski definition) is 0. The van der Waals surface area contributed by atoms with Gasteiger partial charge in [-0.25, -0.2) is 4.39 Å². The molecular weight excluding hydrogens is 133 g/mol. The van der Waals surface area contributed by atoms with Crippen molar-refractivity contribution in [3.05, 3.63) is 0 Å². The molecule has 0 saturated carbocycles. The second-order valence-corrected chi connectivity index (χ2v) is 2.88.